The van der Waals surface area contributed by atoms with Crippen molar-refractivity contribution in [3.63, 3.8) is 0 Å². The predicted molar refractivity (Wildman–Crippen MR) is 102 cm³/mol. The first kappa shape index (κ1) is 16.6. The summed E-state index contributed by atoms with van der Waals surface area (Å²) in [7, 11) is 0. The quantitative estimate of drug-likeness (QED) is 0.885. The van der Waals surface area contributed by atoms with E-state index in [1.807, 2.05) is 12.1 Å². The molecule has 132 valence electrons. The summed E-state index contributed by atoms with van der Waals surface area (Å²) in [5.41, 5.74) is 6.57. The molecule has 0 amide bonds. The van der Waals surface area contributed by atoms with E-state index in [4.69, 9.17) is 0 Å². The molecule has 2 unspecified atom stereocenters. The molecule has 3 nitrogen and oxygen atoms in total. The number of phenols is 1. The Morgan fingerprint density at radius 1 is 1.04 bits per heavy atom. The Hall–Kier alpha value is -1.84. The fourth-order valence-electron chi connectivity index (χ4n) is 4.93. The van der Waals surface area contributed by atoms with Gasteiger partial charge in [-0.25, -0.2) is 5.01 Å². The van der Waals surface area contributed by atoms with Crippen LogP contribution in [0.15, 0.2) is 54.6 Å². The van der Waals surface area contributed by atoms with Crippen molar-refractivity contribution in [2.45, 2.75) is 50.0 Å². The van der Waals surface area contributed by atoms with Gasteiger partial charge >= 0.3 is 0 Å². The van der Waals surface area contributed by atoms with Gasteiger partial charge in [-0.05, 0) is 48.9 Å². The van der Waals surface area contributed by atoms with Crippen LogP contribution in [0.5, 0.6) is 5.75 Å². The van der Waals surface area contributed by atoms with E-state index in [2.05, 4.69) is 46.8 Å². The summed E-state index contributed by atoms with van der Waals surface area (Å²) < 4.78 is 0. The average molecular weight is 336 g/mol. The number of hydrogen-bond acceptors (Lipinski definition) is 3. The van der Waals surface area contributed by atoms with Crippen molar-refractivity contribution in [1.82, 2.24) is 10.4 Å². The van der Waals surface area contributed by atoms with E-state index >= 15 is 0 Å². The van der Waals surface area contributed by atoms with Crippen LogP contribution in [0.25, 0.3) is 0 Å². The number of rotatable bonds is 4. The van der Waals surface area contributed by atoms with E-state index in [0.717, 1.165) is 25.9 Å². The molecule has 1 heterocycles. The molecule has 2 aromatic rings. The molecular formula is C22H28N2O. The monoisotopic (exact) mass is 336 g/mol. The number of aromatic hydroxyl groups is 1. The normalized spacial score (nSPS) is 27.0. The summed E-state index contributed by atoms with van der Waals surface area (Å²) in [6.45, 7) is 2.05. The number of hydrazine groups is 1. The molecule has 2 atom stereocenters. The van der Waals surface area contributed by atoms with Gasteiger partial charge in [-0.2, -0.15) is 0 Å². The Kier molecular flexibility index (Phi) is 4.78. The van der Waals surface area contributed by atoms with Crippen molar-refractivity contribution in [2.24, 2.45) is 0 Å². The molecule has 2 aromatic carbocycles. The van der Waals surface area contributed by atoms with Gasteiger partial charge in [-0.1, -0.05) is 55.3 Å². The number of fused-ring (bicyclic) bond motifs is 1. The van der Waals surface area contributed by atoms with Crippen LogP contribution in [-0.4, -0.2) is 29.2 Å². The molecule has 0 bridgehead atoms. The molecular weight excluding hydrogens is 308 g/mol. The number of phenolic OH excluding ortho intramolecular Hbond substituents is 1. The van der Waals surface area contributed by atoms with Crippen LogP contribution in [0.1, 0.15) is 43.2 Å². The average Bonchev–Trinajstić information content (AvgIpc) is 2.67. The van der Waals surface area contributed by atoms with Crippen molar-refractivity contribution < 1.29 is 5.11 Å². The van der Waals surface area contributed by atoms with Crippen LogP contribution in [0.2, 0.25) is 0 Å². The fourth-order valence-corrected chi connectivity index (χ4v) is 4.93. The third-order valence-electron chi connectivity index (χ3n) is 6.16. The predicted octanol–water partition coefficient (Wildman–Crippen LogP) is 4.03. The van der Waals surface area contributed by atoms with Crippen molar-refractivity contribution >= 4 is 0 Å². The SMILES string of the molecule is Oc1cccc(C23CCCCC2N(CCc2ccccc2)NCC3)c1. The summed E-state index contributed by atoms with van der Waals surface area (Å²) in [4.78, 5) is 0. The number of nitrogens with one attached hydrogen (secondary N) is 1. The third-order valence-corrected chi connectivity index (χ3v) is 6.16. The van der Waals surface area contributed by atoms with Crippen LogP contribution in [0.3, 0.4) is 0 Å². The lowest BCUT2D eigenvalue weighted by atomic mass is 9.63. The number of hydrogen-bond donors (Lipinski definition) is 2. The van der Waals surface area contributed by atoms with Gasteiger partial charge in [0.2, 0.25) is 0 Å². The first-order chi connectivity index (χ1) is 12.3. The second-order valence-electron chi connectivity index (χ2n) is 7.56. The van der Waals surface area contributed by atoms with Gasteiger partial charge in [0.05, 0.1) is 0 Å². The summed E-state index contributed by atoms with van der Waals surface area (Å²) in [6.07, 6.45) is 7.28. The maximum atomic E-state index is 10.0. The van der Waals surface area contributed by atoms with E-state index in [0.29, 0.717) is 11.8 Å². The highest BCUT2D eigenvalue weighted by Crippen LogP contribution is 2.46. The molecule has 1 aliphatic heterocycles. The zero-order valence-electron chi connectivity index (χ0n) is 14.8. The first-order valence-electron chi connectivity index (χ1n) is 9.61. The van der Waals surface area contributed by atoms with E-state index in [-0.39, 0.29) is 5.41 Å². The van der Waals surface area contributed by atoms with E-state index in [1.54, 1.807) is 6.07 Å². The van der Waals surface area contributed by atoms with Crippen LogP contribution >= 0.6 is 0 Å². The molecule has 4 rings (SSSR count). The summed E-state index contributed by atoms with van der Waals surface area (Å²) in [5.74, 6) is 0.394. The Morgan fingerprint density at radius 3 is 2.76 bits per heavy atom. The molecule has 0 aromatic heterocycles. The topological polar surface area (TPSA) is 35.5 Å². The lowest BCUT2D eigenvalue weighted by Gasteiger charge is -2.53. The van der Waals surface area contributed by atoms with Crippen molar-refractivity contribution in [3.05, 3.63) is 65.7 Å². The van der Waals surface area contributed by atoms with Gasteiger partial charge in [-0.15, -0.1) is 0 Å². The molecule has 0 spiro atoms. The highest BCUT2D eigenvalue weighted by molar-refractivity contribution is 5.35. The highest BCUT2D eigenvalue weighted by Gasteiger charge is 2.47. The number of nitrogens with zero attached hydrogens (tertiary/aromatic N) is 1. The summed E-state index contributed by atoms with van der Waals surface area (Å²) in [6, 6.07) is 19.3. The Morgan fingerprint density at radius 2 is 1.92 bits per heavy atom. The second-order valence-corrected chi connectivity index (χ2v) is 7.56. The Labute approximate surface area is 150 Å². The largest absolute Gasteiger partial charge is 0.508 e. The standard InChI is InChI=1S/C22H28N2O/c25-20-10-6-9-19(17-20)22-13-5-4-11-21(22)24(23-15-14-22)16-12-18-7-2-1-3-8-18/h1-3,6-10,17,21,23,25H,4-5,11-16H2. The maximum Gasteiger partial charge on any atom is 0.115 e. The third kappa shape index (κ3) is 3.31. The van der Waals surface area contributed by atoms with E-state index in [1.165, 1.54) is 36.8 Å². The Balaban J connectivity index is 1.58. The van der Waals surface area contributed by atoms with Gasteiger partial charge in [0.15, 0.2) is 0 Å². The van der Waals surface area contributed by atoms with E-state index in [9.17, 15) is 5.11 Å². The van der Waals surface area contributed by atoms with Crippen molar-refractivity contribution in [2.75, 3.05) is 13.1 Å². The van der Waals surface area contributed by atoms with Gasteiger partial charge < -0.3 is 5.11 Å². The minimum atomic E-state index is 0.179. The lowest BCUT2D eigenvalue weighted by Crippen LogP contribution is -2.63. The van der Waals surface area contributed by atoms with Crippen molar-refractivity contribution in [3.8, 4) is 5.75 Å². The minimum absolute atomic E-state index is 0.179. The number of benzene rings is 2. The molecule has 3 heteroatoms. The smallest absolute Gasteiger partial charge is 0.115 e. The van der Waals surface area contributed by atoms with Crippen LogP contribution in [0, 0.1) is 0 Å². The van der Waals surface area contributed by atoms with Gasteiger partial charge in [0.25, 0.3) is 0 Å². The Bertz CT molecular complexity index is 698. The molecule has 2 aliphatic rings. The van der Waals surface area contributed by atoms with Gasteiger partial charge in [-0.3, -0.25) is 5.43 Å². The van der Waals surface area contributed by atoms with E-state index < -0.39 is 0 Å². The molecule has 1 saturated heterocycles. The molecule has 2 N–H and O–H groups in total. The maximum absolute atomic E-state index is 10.0. The molecule has 1 saturated carbocycles. The first-order valence-corrected chi connectivity index (χ1v) is 9.61. The molecule has 1 aliphatic carbocycles. The molecule has 25 heavy (non-hydrogen) atoms. The highest BCUT2D eigenvalue weighted by atomic mass is 16.3. The second kappa shape index (κ2) is 7.19. The van der Waals surface area contributed by atoms with Gasteiger partial charge in [0, 0.05) is 24.5 Å². The zero-order chi connectivity index (χ0) is 17.1. The van der Waals surface area contributed by atoms with Gasteiger partial charge in [0.1, 0.15) is 5.75 Å². The summed E-state index contributed by atoms with van der Waals surface area (Å²) >= 11 is 0. The summed E-state index contributed by atoms with van der Waals surface area (Å²) in [5, 5.41) is 12.5. The van der Waals surface area contributed by atoms with Crippen LogP contribution < -0.4 is 5.43 Å². The van der Waals surface area contributed by atoms with Crippen LogP contribution in [-0.2, 0) is 11.8 Å². The van der Waals surface area contributed by atoms with Crippen molar-refractivity contribution in [1.29, 1.82) is 0 Å². The lowest BCUT2D eigenvalue weighted by molar-refractivity contribution is -0.00628. The fraction of sp³-hybridized carbons (Fsp3) is 0.455. The minimum Gasteiger partial charge on any atom is -0.508 e. The molecule has 2 fully saturated rings. The van der Waals surface area contributed by atoms with Crippen LogP contribution in [0.4, 0.5) is 0 Å². The zero-order valence-corrected chi connectivity index (χ0v) is 14.8. The molecule has 0 radical (unpaired) electrons.